The SMILES string of the molecule is C/C=C/CN1C(=O)C(CC)NC(=O)C1(CC)CC. The Hall–Kier alpha value is -1.32. The van der Waals surface area contributed by atoms with Crippen molar-refractivity contribution in [2.75, 3.05) is 6.54 Å². The maximum absolute atomic E-state index is 12.4. The van der Waals surface area contributed by atoms with Crippen LogP contribution < -0.4 is 5.32 Å². The van der Waals surface area contributed by atoms with E-state index in [0.29, 0.717) is 25.8 Å². The third kappa shape index (κ3) is 2.28. The van der Waals surface area contributed by atoms with Gasteiger partial charge in [-0.2, -0.15) is 0 Å². The zero-order valence-electron chi connectivity index (χ0n) is 11.8. The van der Waals surface area contributed by atoms with Gasteiger partial charge in [-0.3, -0.25) is 9.59 Å². The smallest absolute Gasteiger partial charge is 0.246 e. The quantitative estimate of drug-likeness (QED) is 0.759. The average Bonchev–Trinajstić information content (AvgIpc) is 2.39. The number of carbonyl (C=O) groups is 2. The van der Waals surface area contributed by atoms with Crippen molar-refractivity contribution < 1.29 is 9.59 Å². The fourth-order valence-electron chi connectivity index (χ4n) is 2.58. The third-order valence-corrected chi connectivity index (χ3v) is 3.91. The minimum Gasteiger partial charge on any atom is -0.342 e. The molecule has 18 heavy (non-hydrogen) atoms. The average molecular weight is 252 g/mol. The molecule has 1 unspecified atom stereocenters. The van der Waals surface area contributed by atoms with Gasteiger partial charge < -0.3 is 10.2 Å². The van der Waals surface area contributed by atoms with E-state index >= 15 is 0 Å². The molecule has 1 saturated heterocycles. The van der Waals surface area contributed by atoms with Gasteiger partial charge in [-0.15, -0.1) is 0 Å². The van der Waals surface area contributed by atoms with E-state index in [2.05, 4.69) is 5.32 Å². The number of nitrogens with zero attached hydrogens (tertiary/aromatic N) is 1. The topological polar surface area (TPSA) is 49.4 Å². The van der Waals surface area contributed by atoms with Crippen molar-refractivity contribution in [1.29, 1.82) is 0 Å². The number of allylic oxidation sites excluding steroid dienone is 1. The standard InChI is InChI=1S/C14H24N2O2/c1-5-9-10-16-12(17)11(6-2)15-13(18)14(16,7-3)8-4/h5,9,11H,6-8,10H2,1-4H3,(H,15,18)/b9-5+. The molecule has 1 aliphatic heterocycles. The molecule has 2 amide bonds. The Morgan fingerprint density at radius 1 is 1.28 bits per heavy atom. The second-order valence-corrected chi connectivity index (χ2v) is 4.69. The summed E-state index contributed by atoms with van der Waals surface area (Å²) in [6, 6.07) is -0.367. The molecule has 0 saturated carbocycles. The summed E-state index contributed by atoms with van der Waals surface area (Å²) in [6.45, 7) is 8.28. The van der Waals surface area contributed by atoms with Crippen LogP contribution in [0.1, 0.15) is 47.0 Å². The Morgan fingerprint density at radius 2 is 1.89 bits per heavy atom. The Kier molecular flexibility index (Phi) is 4.93. The zero-order valence-corrected chi connectivity index (χ0v) is 11.8. The molecule has 4 heteroatoms. The van der Waals surface area contributed by atoms with Crippen LogP contribution >= 0.6 is 0 Å². The molecular weight excluding hydrogens is 228 g/mol. The van der Waals surface area contributed by atoms with Gasteiger partial charge in [-0.05, 0) is 26.2 Å². The first-order valence-electron chi connectivity index (χ1n) is 6.80. The highest BCUT2D eigenvalue weighted by Crippen LogP contribution is 2.29. The van der Waals surface area contributed by atoms with Crippen molar-refractivity contribution in [1.82, 2.24) is 10.2 Å². The lowest BCUT2D eigenvalue weighted by molar-refractivity contribution is -0.157. The molecule has 0 aromatic rings. The summed E-state index contributed by atoms with van der Waals surface area (Å²) in [7, 11) is 0. The van der Waals surface area contributed by atoms with Gasteiger partial charge in [0.25, 0.3) is 0 Å². The van der Waals surface area contributed by atoms with Crippen molar-refractivity contribution in [3.63, 3.8) is 0 Å². The molecule has 0 radical (unpaired) electrons. The van der Waals surface area contributed by atoms with Crippen molar-refractivity contribution >= 4 is 11.8 Å². The zero-order chi connectivity index (χ0) is 13.8. The summed E-state index contributed by atoms with van der Waals surface area (Å²) in [5.41, 5.74) is -0.678. The minimum absolute atomic E-state index is 0.0107. The molecule has 1 fully saturated rings. The molecule has 1 aliphatic rings. The van der Waals surface area contributed by atoms with E-state index in [9.17, 15) is 9.59 Å². The van der Waals surface area contributed by atoms with Gasteiger partial charge >= 0.3 is 0 Å². The molecule has 0 aromatic heterocycles. The number of nitrogens with one attached hydrogen (secondary N) is 1. The van der Waals surface area contributed by atoms with Crippen LogP contribution in [0.4, 0.5) is 0 Å². The number of amides is 2. The van der Waals surface area contributed by atoms with Gasteiger partial charge in [0.1, 0.15) is 11.6 Å². The second-order valence-electron chi connectivity index (χ2n) is 4.69. The fourth-order valence-corrected chi connectivity index (χ4v) is 2.58. The largest absolute Gasteiger partial charge is 0.342 e. The van der Waals surface area contributed by atoms with E-state index in [1.807, 2.05) is 39.8 Å². The Balaban J connectivity index is 3.12. The minimum atomic E-state index is -0.678. The predicted molar refractivity (Wildman–Crippen MR) is 72.1 cm³/mol. The summed E-state index contributed by atoms with van der Waals surface area (Å²) in [4.78, 5) is 26.5. The van der Waals surface area contributed by atoms with Crippen molar-refractivity contribution in [2.24, 2.45) is 0 Å². The van der Waals surface area contributed by atoms with Gasteiger partial charge in [-0.1, -0.05) is 32.9 Å². The molecule has 0 spiro atoms. The number of rotatable bonds is 5. The molecule has 0 aliphatic carbocycles. The van der Waals surface area contributed by atoms with Gasteiger partial charge in [-0.25, -0.2) is 0 Å². The molecule has 0 bridgehead atoms. The molecule has 1 heterocycles. The third-order valence-electron chi connectivity index (χ3n) is 3.91. The number of piperazine rings is 1. The number of hydrogen-bond acceptors (Lipinski definition) is 2. The van der Waals surface area contributed by atoms with E-state index in [4.69, 9.17) is 0 Å². The summed E-state index contributed by atoms with van der Waals surface area (Å²) >= 11 is 0. The lowest BCUT2D eigenvalue weighted by Gasteiger charge is -2.47. The van der Waals surface area contributed by atoms with E-state index in [0.717, 1.165) is 0 Å². The molecule has 1 N–H and O–H groups in total. The van der Waals surface area contributed by atoms with E-state index < -0.39 is 5.54 Å². The van der Waals surface area contributed by atoms with Gasteiger partial charge in [0.05, 0.1) is 0 Å². The van der Waals surface area contributed by atoms with Crippen LogP contribution in [0.15, 0.2) is 12.2 Å². The Bertz CT molecular complexity index is 346. The highest BCUT2D eigenvalue weighted by Gasteiger charge is 2.49. The van der Waals surface area contributed by atoms with E-state index in [1.54, 1.807) is 4.90 Å². The lowest BCUT2D eigenvalue weighted by atomic mass is 9.85. The van der Waals surface area contributed by atoms with Crippen LogP contribution in [0.5, 0.6) is 0 Å². The van der Waals surface area contributed by atoms with Crippen LogP contribution in [0.3, 0.4) is 0 Å². The predicted octanol–water partition coefficient (Wildman–Crippen LogP) is 1.86. The second kappa shape index (κ2) is 6.03. The van der Waals surface area contributed by atoms with E-state index in [-0.39, 0.29) is 17.9 Å². The first kappa shape index (κ1) is 14.7. The number of hydrogen-bond donors (Lipinski definition) is 1. The van der Waals surface area contributed by atoms with Crippen LogP contribution in [-0.4, -0.2) is 34.8 Å². The molecule has 0 aromatic carbocycles. The highest BCUT2D eigenvalue weighted by molar-refractivity contribution is 5.99. The van der Waals surface area contributed by atoms with Crippen molar-refractivity contribution in [3.8, 4) is 0 Å². The van der Waals surface area contributed by atoms with Gasteiger partial charge in [0, 0.05) is 6.54 Å². The summed E-state index contributed by atoms with van der Waals surface area (Å²) < 4.78 is 0. The first-order chi connectivity index (χ1) is 8.57. The number of carbonyl (C=O) groups excluding carboxylic acids is 2. The highest BCUT2D eigenvalue weighted by atomic mass is 16.2. The van der Waals surface area contributed by atoms with Crippen LogP contribution in [0.25, 0.3) is 0 Å². The molecule has 102 valence electrons. The van der Waals surface area contributed by atoms with Gasteiger partial charge in [0.2, 0.25) is 11.8 Å². The van der Waals surface area contributed by atoms with Crippen molar-refractivity contribution in [3.05, 3.63) is 12.2 Å². The summed E-state index contributed by atoms with van der Waals surface area (Å²) in [6.07, 6.45) is 5.78. The lowest BCUT2D eigenvalue weighted by Crippen LogP contribution is -2.70. The first-order valence-corrected chi connectivity index (χ1v) is 6.80. The van der Waals surface area contributed by atoms with Crippen LogP contribution in [0.2, 0.25) is 0 Å². The van der Waals surface area contributed by atoms with Gasteiger partial charge in [0.15, 0.2) is 0 Å². The van der Waals surface area contributed by atoms with E-state index in [1.165, 1.54) is 0 Å². The maximum atomic E-state index is 12.4. The normalized spacial score (nSPS) is 23.6. The Morgan fingerprint density at radius 3 is 2.33 bits per heavy atom. The molecule has 4 nitrogen and oxygen atoms in total. The molecule has 1 rings (SSSR count). The molecule has 1 atom stereocenters. The van der Waals surface area contributed by atoms with Crippen molar-refractivity contribution in [2.45, 2.75) is 58.5 Å². The van der Waals surface area contributed by atoms with Crippen LogP contribution in [-0.2, 0) is 9.59 Å². The van der Waals surface area contributed by atoms with Crippen LogP contribution in [0, 0.1) is 0 Å². The summed E-state index contributed by atoms with van der Waals surface area (Å²) in [5, 5.41) is 2.86. The maximum Gasteiger partial charge on any atom is 0.246 e. The fraction of sp³-hybridized carbons (Fsp3) is 0.714. The Labute approximate surface area is 109 Å². The molecular formula is C14H24N2O2. The summed E-state index contributed by atoms with van der Waals surface area (Å²) in [5.74, 6) is 0.0300. The monoisotopic (exact) mass is 252 g/mol.